The molecule has 0 saturated heterocycles. The smallest absolute Gasteiger partial charge is 0.362 e. The fourth-order valence-corrected chi connectivity index (χ4v) is 5.46. The minimum absolute atomic E-state index is 0.0449. The molecule has 0 spiro atoms. The van der Waals surface area contributed by atoms with Gasteiger partial charge in [0.05, 0.1) is 14.2 Å². The fourth-order valence-electron chi connectivity index (χ4n) is 2.90. The Morgan fingerprint density at radius 1 is 0.793 bits per heavy atom. The van der Waals surface area contributed by atoms with Crippen LogP contribution >= 0.6 is 0 Å². The molecule has 0 N–H and O–H groups in total. The molecule has 0 aromatic heterocycles. The van der Waals surface area contributed by atoms with Crippen molar-refractivity contribution in [3.63, 3.8) is 0 Å². The highest BCUT2D eigenvalue weighted by molar-refractivity contribution is 5.89. The van der Waals surface area contributed by atoms with Crippen LogP contribution in [0.1, 0.15) is 11.1 Å². The zero-order valence-electron chi connectivity index (χ0n) is 16.0. The molecule has 3 aromatic carbocycles. The topological polar surface area (TPSA) is 66.0 Å². The third-order valence-corrected chi connectivity index (χ3v) is 6.99. The van der Waals surface area contributed by atoms with Crippen molar-refractivity contribution in [3.05, 3.63) is 96.6 Å². The maximum absolute atomic E-state index is 9.60. The second-order valence-electron chi connectivity index (χ2n) is 5.92. The Balaban J connectivity index is 2.26. The van der Waals surface area contributed by atoms with Gasteiger partial charge in [0.15, 0.2) is 9.32 Å². The van der Waals surface area contributed by atoms with Crippen LogP contribution in [0.3, 0.4) is 0 Å². The van der Waals surface area contributed by atoms with Crippen LogP contribution in [0.15, 0.2) is 78.4 Å². The Labute approximate surface area is 180 Å². The number of hydrogen-bond donors (Lipinski definition) is 0. The predicted molar refractivity (Wildman–Crippen MR) is 107 cm³/mol. The van der Waals surface area contributed by atoms with Crippen molar-refractivity contribution in [3.8, 4) is 23.6 Å². The van der Waals surface area contributed by atoms with Gasteiger partial charge < -0.3 is 9.47 Å². The Bertz CT molecular complexity index is 1100. The summed E-state index contributed by atoms with van der Waals surface area (Å²) in [7, 11) is 3.21. The summed E-state index contributed by atoms with van der Waals surface area (Å²) in [5.41, 5.74) is 2.11. The summed E-state index contributed by atoms with van der Waals surface area (Å²) < 4.78 is 13.5. The molecule has 29 heavy (non-hydrogen) atoms. The van der Waals surface area contributed by atoms with Crippen molar-refractivity contribution in [2.75, 3.05) is 14.2 Å². The molecule has 5 heteroatoms. The van der Waals surface area contributed by atoms with Crippen LogP contribution in [-0.4, -0.2) is 14.2 Å². The van der Waals surface area contributed by atoms with E-state index in [0.29, 0.717) is 16.9 Å². The molecular formula is C24H18IN2O2+. The van der Waals surface area contributed by atoms with E-state index in [0.717, 1.165) is 14.9 Å². The normalized spacial score (nSPS) is 9.79. The highest BCUT2D eigenvalue weighted by atomic mass is 127. The highest BCUT2D eigenvalue weighted by Gasteiger charge is 2.26. The largest absolute Gasteiger partial charge is 0.496 e. The first-order valence-corrected chi connectivity index (χ1v) is 10.9. The predicted octanol–water partition coefficient (Wildman–Crippen LogP) is 1.68. The molecule has 0 amide bonds. The van der Waals surface area contributed by atoms with E-state index in [1.54, 1.807) is 14.2 Å². The molecule has 0 aliphatic rings. The first-order chi connectivity index (χ1) is 14.2. The van der Waals surface area contributed by atoms with Gasteiger partial charge in [-0.2, -0.15) is 10.5 Å². The Kier molecular flexibility index (Phi) is 6.89. The Morgan fingerprint density at radius 2 is 1.38 bits per heavy atom. The van der Waals surface area contributed by atoms with E-state index in [-0.39, 0.29) is 5.57 Å². The molecule has 0 radical (unpaired) electrons. The van der Waals surface area contributed by atoms with Crippen molar-refractivity contribution in [2.45, 2.75) is 0 Å². The van der Waals surface area contributed by atoms with Gasteiger partial charge in [0.2, 0.25) is 3.57 Å². The Hall–Kier alpha value is -3.29. The lowest BCUT2D eigenvalue weighted by Gasteiger charge is -2.14. The SMILES string of the molecule is COc1cc(OC)c(C(=C(C#N)C#N)c2ccccc2)cc1[I+]c1ccccc1. The summed E-state index contributed by atoms with van der Waals surface area (Å²) in [4.78, 5) is 0. The van der Waals surface area contributed by atoms with E-state index in [9.17, 15) is 10.5 Å². The standard InChI is InChI=1S/C24H18IN2O2/c1-28-22-14-23(29-2)21(25-19-11-7-4-8-12-19)13-20(22)24(18(15-26)16-27)17-9-5-3-6-10-17/h3-14H,1-2H3/q+1. The van der Waals surface area contributed by atoms with Gasteiger partial charge in [-0.25, -0.2) is 0 Å². The van der Waals surface area contributed by atoms with E-state index < -0.39 is 21.2 Å². The summed E-state index contributed by atoms with van der Waals surface area (Å²) >= 11 is -0.528. The van der Waals surface area contributed by atoms with Gasteiger partial charge in [0.1, 0.15) is 23.5 Å². The van der Waals surface area contributed by atoms with Gasteiger partial charge in [0, 0.05) is 23.3 Å². The maximum Gasteiger partial charge on any atom is 0.362 e. The van der Waals surface area contributed by atoms with E-state index in [2.05, 4.69) is 12.1 Å². The van der Waals surface area contributed by atoms with E-state index in [1.165, 1.54) is 3.57 Å². The van der Waals surface area contributed by atoms with Crippen LogP contribution in [0.25, 0.3) is 5.57 Å². The van der Waals surface area contributed by atoms with Crippen molar-refractivity contribution in [1.29, 1.82) is 10.5 Å². The number of nitriles is 2. The quantitative estimate of drug-likeness (QED) is 0.388. The molecule has 0 aliphatic heterocycles. The van der Waals surface area contributed by atoms with Crippen LogP contribution in [-0.2, 0) is 0 Å². The molecule has 0 aliphatic carbocycles. The molecular weight excluding hydrogens is 475 g/mol. The molecule has 0 saturated carbocycles. The van der Waals surface area contributed by atoms with E-state index >= 15 is 0 Å². The number of halogens is 1. The summed E-state index contributed by atoms with van der Waals surface area (Å²) in [5.74, 6) is 1.30. The number of nitrogens with zero attached hydrogens (tertiary/aromatic N) is 2. The molecule has 0 bridgehead atoms. The molecule has 0 atom stereocenters. The van der Waals surface area contributed by atoms with E-state index in [1.807, 2.05) is 72.8 Å². The van der Waals surface area contributed by atoms with E-state index in [4.69, 9.17) is 9.47 Å². The van der Waals surface area contributed by atoms with Crippen molar-refractivity contribution in [1.82, 2.24) is 0 Å². The zero-order chi connectivity index (χ0) is 20.6. The third-order valence-electron chi connectivity index (χ3n) is 4.22. The van der Waals surface area contributed by atoms with Gasteiger partial charge in [-0.05, 0) is 17.7 Å². The molecule has 0 heterocycles. The van der Waals surface area contributed by atoms with Gasteiger partial charge >= 0.3 is 21.2 Å². The molecule has 0 fully saturated rings. The molecule has 142 valence electrons. The van der Waals surface area contributed by atoms with Crippen LogP contribution in [0.2, 0.25) is 0 Å². The van der Waals surface area contributed by atoms with Crippen LogP contribution in [0.5, 0.6) is 11.5 Å². The first-order valence-electron chi connectivity index (χ1n) is 8.78. The van der Waals surface area contributed by atoms with Gasteiger partial charge in [-0.15, -0.1) is 0 Å². The number of methoxy groups -OCH3 is 2. The minimum Gasteiger partial charge on any atom is -0.496 e. The maximum atomic E-state index is 9.60. The lowest BCUT2D eigenvalue weighted by molar-refractivity contribution is -0.598. The monoisotopic (exact) mass is 493 g/mol. The van der Waals surface area contributed by atoms with Crippen molar-refractivity contribution in [2.24, 2.45) is 0 Å². The summed E-state index contributed by atoms with van der Waals surface area (Å²) in [6.45, 7) is 0. The number of ether oxygens (including phenoxy) is 2. The zero-order valence-corrected chi connectivity index (χ0v) is 18.2. The summed E-state index contributed by atoms with van der Waals surface area (Å²) in [6, 6.07) is 27.6. The molecule has 4 nitrogen and oxygen atoms in total. The van der Waals surface area contributed by atoms with Crippen LogP contribution in [0, 0.1) is 29.8 Å². The van der Waals surface area contributed by atoms with Crippen molar-refractivity contribution >= 4 is 5.57 Å². The number of hydrogen-bond acceptors (Lipinski definition) is 4. The van der Waals surface area contributed by atoms with Gasteiger partial charge in [-0.1, -0.05) is 48.5 Å². The lowest BCUT2D eigenvalue weighted by atomic mass is 9.93. The molecule has 3 aromatic rings. The summed E-state index contributed by atoms with van der Waals surface area (Å²) in [6.07, 6.45) is 0. The first kappa shape index (κ1) is 20.4. The van der Waals surface area contributed by atoms with Crippen LogP contribution < -0.4 is 30.7 Å². The fraction of sp³-hybridized carbons (Fsp3) is 0.0833. The highest BCUT2D eigenvalue weighted by Crippen LogP contribution is 2.35. The number of rotatable bonds is 6. The average Bonchev–Trinajstić information content (AvgIpc) is 2.78. The lowest BCUT2D eigenvalue weighted by Crippen LogP contribution is -3.61. The van der Waals surface area contributed by atoms with Gasteiger partial charge in [-0.3, -0.25) is 0 Å². The third kappa shape index (κ3) is 4.59. The number of allylic oxidation sites excluding steroid dienone is 1. The number of benzene rings is 3. The van der Waals surface area contributed by atoms with Crippen LogP contribution in [0.4, 0.5) is 0 Å². The minimum atomic E-state index is -0.528. The average molecular weight is 493 g/mol. The van der Waals surface area contributed by atoms with Crippen molar-refractivity contribution < 1.29 is 30.7 Å². The second kappa shape index (κ2) is 9.77. The van der Waals surface area contributed by atoms with Gasteiger partial charge in [0.25, 0.3) is 0 Å². The molecule has 3 rings (SSSR count). The second-order valence-corrected chi connectivity index (χ2v) is 8.86. The Morgan fingerprint density at radius 3 is 1.93 bits per heavy atom. The molecule has 0 unspecified atom stereocenters. The summed E-state index contributed by atoms with van der Waals surface area (Å²) in [5, 5.41) is 19.2.